The topological polar surface area (TPSA) is 58.6 Å². The van der Waals surface area contributed by atoms with E-state index in [9.17, 15) is 9.90 Å². The zero-order chi connectivity index (χ0) is 10.7. The van der Waals surface area contributed by atoms with Gasteiger partial charge < -0.3 is 15.2 Å². The van der Waals surface area contributed by atoms with Gasteiger partial charge in [0, 0.05) is 6.61 Å². The van der Waals surface area contributed by atoms with Gasteiger partial charge in [0.15, 0.2) is 0 Å². The molecule has 0 aromatic heterocycles. The summed E-state index contributed by atoms with van der Waals surface area (Å²) in [4.78, 5) is 11.8. The zero-order valence-electron chi connectivity index (χ0n) is 9.00. The van der Waals surface area contributed by atoms with Crippen molar-refractivity contribution in [3.8, 4) is 0 Å². The van der Waals surface area contributed by atoms with E-state index < -0.39 is 0 Å². The number of amides is 1. The predicted octanol–water partition coefficient (Wildman–Crippen LogP) is 0.587. The number of hydrogen-bond donors (Lipinski definition) is 2. The third-order valence-electron chi connectivity index (χ3n) is 3.47. The van der Waals surface area contributed by atoms with E-state index >= 15 is 0 Å². The van der Waals surface area contributed by atoms with Crippen molar-refractivity contribution in [1.29, 1.82) is 0 Å². The second kappa shape index (κ2) is 4.49. The molecule has 2 fully saturated rings. The Morgan fingerprint density at radius 2 is 2.13 bits per heavy atom. The maximum Gasteiger partial charge on any atom is 0.249 e. The van der Waals surface area contributed by atoms with Crippen LogP contribution in [0.2, 0.25) is 0 Å². The fourth-order valence-electron chi connectivity index (χ4n) is 2.50. The highest BCUT2D eigenvalue weighted by Crippen LogP contribution is 2.29. The van der Waals surface area contributed by atoms with Crippen LogP contribution in [0.1, 0.15) is 38.5 Å². The fraction of sp³-hybridized carbons (Fsp3) is 0.909. The summed E-state index contributed by atoms with van der Waals surface area (Å²) >= 11 is 0. The summed E-state index contributed by atoms with van der Waals surface area (Å²) in [5, 5.41) is 12.3. The van der Waals surface area contributed by atoms with Crippen molar-refractivity contribution < 1.29 is 14.6 Å². The maximum atomic E-state index is 11.8. The second-order valence-electron chi connectivity index (χ2n) is 4.64. The number of rotatable bonds is 3. The molecule has 0 aromatic carbocycles. The number of hydrogen-bond acceptors (Lipinski definition) is 3. The van der Waals surface area contributed by atoms with Crippen molar-refractivity contribution in [2.45, 2.75) is 50.2 Å². The predicted molar refractivity (Wildman–Crippen MR) is 55.4 cm³/mol. The summed E-state index contributed by atoms with van der Waals surface area (Å²) < 4.78 is 5.32. The van der Waals surface area contributed by atoms with Gasteiger partial charge in [-0.25, -0.2) is 0 Å². The van der Waals surface area contributed by atoms with Gasteiger partial charge in [0.25, 0.3) is 0 Å². The van der Waals surface area contributed by atoms with Crippen LogP contribution < -0.4 is 5.32 Å². The first-order valence-electron chi connectivity index (χ1n) is 5.80. The van der Waals surface area contributed by atoms with Gasteiger partial charge in [-0.15, -0.1) is 0 Å². The first-order valence-corrected chi connectivity index (χ1v) is 5.80. The van der Waals surface area contributed by atoms with Crippen molar-refractivity contribution in [3.63, 3.8) is 0 Å². The SMILES string of the molecule is O=C(NC1(CO)CCCC1)[C@H]1CCCO1. The summed E-state index contributed by atoms with van der Waals surface area (Å²) in [6.07, 6.45) is 5.45. The van der Waals surface area contributed by atoms with Gasteiger partial charge in [-0.1, -0.05) is 12.8 Å². The molecule has 4 heteroatoms. The Morgan fingerprint density at radius 3 is 2.67 bits per heavy atom. The minimum absolute atomic E-state index is 0.0385. The van der Waals surface area contributed by atoms with Gasteiger partial charge in [-0.05, 0) is 25.7 Å². The number of carbonyl (C=O) groups is 1. The van der Waals surface area contributed by atoms with Crippen molar-refractivity contribution in [2.24, 2.45) is 0 Å². The summed E-state index contributed by atoms with van der Waals surface area (Å²) in [5.41, 5.74) is -0.358. The highest BCUT2D eigenvalue weighted by molar-refractivity contribution is 5.81. The minimum Gasteiger partial charge on any atom is -0.394 e. The van der Waals surface area contributed by atoms with Crippen LogP contribution in [0, 0.1) is 0 Å². The molecular formula is C11H19NO3. The molecule has 2 aliphatic rings. The molecule has 1 saturated carbocycles. The van der Waals surface area contributed by atoms with Gasteiger partial charge in [0.1, 0.15) is 6.10 Å². The summed E-state index contributed by atoms with van der Waals surface area (Å²) in [7, 11) is 0. The fourth-order valence-corrected chi connectivity index (χ4v) is 2.50. The van der Waals surface area contributed by atoms with E-state index in [1.165, 1.54) is 0 Å². The Balaban J connectivity index is 1.91. The van der Waals surface area contributed by atoms with Crippen LogP contribution in [0.3, 0.4) is 0 Å². The van der Waals surface area contributed by atoms with Gasteiger partial charge in [0.05, 0.1) is 12.1 Å². The number of aliphatic hydroxyl groups excluding tert-OH is 1. The van der Waals surface area contributed by atoms with E-state index in [1.807, 2.05) is 0 Å². The Kier molecular flexibility index (Phi) is 3.26. The smallest absolute Gasteiger partial charge is 0.249 e. The number of ether oxygens (including phenoxy) is 1. The van der Waals surface area contributed by atoms with Crippen LogP contribution in [0.15, 0.2) is 0 Å². The number of carbonyl (C=O) groups excluding carboxylic acids is 1. The molecule has 1 atom stereocenters. The Labute approximate surface area is 90.0 Å². The molecule has 86 valence electrons. The summed E-state index contributed by atoms with van der Waals surface area (Å²) in [6, 6.07) is 0. The zero-order valence-corrected chi connectivity index (χ0v) is 9.00. The van der Waals surface area contributed by atoms with Crippen molar-refractivity contribution in [3.05, 3.63) is 0 Å². The molecule has 2 rings (SSSR count). The normalized spacial score (nSPS) is 29.3. The molecule has 0 radical (unpaired) electrons. The lowest BCUT2D eigenvalue weighted by molar-refractivity contribution is -0.132. The molecule has 2 N–H and O–H groups in total. The minimum atomic E-state index is -0.358. The molecule has 1 saturated heterocycles. The van der Waals surface area contributed by atoms with Gasteiger partial charge >= 0.3 is 0 Å². The number of aliphatic hydroxyl groups is 1. The molecular weight excluding hydrogens is 194 g/mol. The van der Waals surface area contributed by atoms with E-state index in [-0.39, 0.29) is 24.2 Å². The third-order valence-corrected chi connectivity index (χ3v) is 3.47. The molecule has 15 heavy (non-hydrogen) atoms. The molecule has 0 aromatic rings. The standard InChI is InChI=1S/C11H19NO3/c13-8-11(5-1-2-6-11)12-10(14)9-4-3-7-15-9/h9,13H,1-8H2,(H,12,14)/t9-/m1/s1. The lowest BCUT2D eigenvalue weighted by atomic mass is 9.98. The summed E-state index contributed by atoms with van der Waals surface area (Å²) in [6.45, 7) is 0.732. The Morgan fingerprint density at radius 1 is 1.40 bits per heavy atom. The van der Waals surface area contributed by atoms with E-state index in [0.29, 0.717) is 6.61 Å². The van der Waals surface area contributed by atoms with Crippen molar-refractivity contribution >= 4 is 5.91 Å². The van der Waals surface area contributed by atoms with E-state index in [4.69, 9.17) is 4.74 Å². The maximum absolute atomic E-state index is 11.8. The van der Waals surface area contributed by atoms with Crippen molar-refractivity contribution in [1.82, 2.24) is 5.32 Å². The third kappa shape index (κ3) is 2.32. The van der Waals surface area contributed by atoms with E-state index in [2.05, 4.69) is 5.32 Å². The van der Waals surface area contributed by atoms with E-state index in [0.717, 1.165) is 38.5 Å². The Hall–Kier alpha value is -0.610. The molecule has 0 bridgehead atoms. The quantitative estimate of drug-likeness (QED) is 0.721. The average molecular weight is 213 g/mol. The molecule has 4 nitrogen and oxygen atoms in total. The Bertz CT molecular complexity index is 230. The van der Waals surface area contributed by atoms with Crippen LogP contribution in [0.25, 0.3) is 0 Å². The molecule has 0 spiro atoms. The van der Waals surface area contributed by atoms with Crippen molar-refractivity contribution in [2.75, 3.05) is 13.2 Å². The molecule has 0 unspecified atom stereocenters. The van der Waals surface area contributed by atoms with Gasteiger partial charge in [-0.2, -0.15) is 0 Å². The van der Waals surface area contributed by atoms with Crippen LogP contribution in [-0.4, -0.2) is 35.9 Å². The summed E-state index contributed by atoms with van der Waals surface area (Å²) in [5.74, 6) is -0.0385. The highest BCUT2D eigenvalue weighted by Gasteiger charge is 2.37. The largest absolute Gasteiger partial charge is 0.394 e. The van der Waals surface area contributed by atoms with Crippen LogP contribution in [0.5, 0.6) is 0 Å². The van der Waals surface area contributed by atoms with Gasteiger partial charge in [0.2, 0.25) is 5.91 Å². The second-order valence-corrected chi connectivity index (χ2v) is 4.64. The lowest BCUT2D eigenvalue weighted by Gasteiger charge is -2.29. The van der Waals surface area contributed by atoms with Gasteiger partial charge in [-0.3, -0.25) is 4.79 Å². The first kappa shape index (κ1) is 10.9. The lowest BCUT2D eigenvalue weighted by Crippen LogP contribution is -2.52. The first-order chi connectivity index (χ1) is 7.26. The molecule has 1 aliphatic heterocycles. The van der Waals surface area contributed by atoms with E-state index in [1.54, 1.807) is 0 Å². The van der Waals surface area contributed by atoms with Crippen LogP contribution in [-0.2, 0) is 9.53 Å². The number of nitrogens with one attached hydrogen (secondary N) is 1. The molecule has 1 aliphatic carbocycles. The van der Waals surface area contributed by atoms with Crippen LogP contribution >= 0.6 is 0 Å². The molecule has 1 heterocycles. The average Bonchev–Trinajstić information content (AvgIpc) is 2.88. The van der Waals surface area contributed by atoms with Crippen LogP contribution in [0.4, 0.5) is 0 Å². The monoisotopic (exact) mass is 213 g/mol. The molecule has 1 amide bonds. The highest BCUT2D eigenvalue weighted by atomic mass is 16.5.